The van der Waals surface area contributed by atoms with Crippen molar-refractivity contribution in [2.24, 2.45) is 0 Å². The van der Waals surface area contributed by atoms with Gasteiger partial charge in [-0.2, -0.15) is 10.2 Å². The number of likely N-dealkylation sites (N-methyl/N-ethyl adjacent to an activating group) is 1. The molecule has 1 aliphatic heterocycles. The molecule has 2 fully saturated rings. The summed E-state index contributed by atoms with van der Waals surface area (Å²) in [5, 5.41) is 20.8. The van der Waals surface area contributed by atoms with Crippen molar-refractivity contribution < 1.29 is 13.6 Å². The van der Waals surface area contributed by atoms with Crippen LogP contribution in [0.3, 0.4) is 0 Å². The minimum atomic E-state index is -2.58. The standard InChI is InChI=1S/C25H26ClF2N11O/c1-30-20-11-31-23-22(32-15-4-5-15)34-25(35-39(20)23)33-16-8-14(10-29)9-17(21(16)26)37-6-7-38(13-19(27)28)18(12-37)24(40)36(2)3/h8-9,11,15,18-19H,4-7,12-13H2,2-3H3,(H2,32,33,34,35). The van der Waals surface area contributed by atoms with Gasteiger partial charge in [0.15, 0.2) is 5.82 Å². The number of carbonyl (C=O) groups excluding carboxylic acids is 1. The fraction of sp³-hybridized carbons (Fsp3) is 0.440. The number of aromatic nitrogens is 4. The molecule has 0 spiro atoms. The number of nitriles is 1. The van der Waals surface area contributed by atoms with Gasteiger partial charge in [-0.05, 0) is 25.0 Å². The number of hydrogen-bond donors (Lipinski definition) is 2. The fourth-order valence-corrected chi connectivity index (χ4v) is 4.88. The number of halogens is 3. The summed E-state index contributed by atoms with van der Waals surface area (Å²) < 4.78 is 27.9. The van der Waals surface area contributed by atoms with Crippen LogP contribution in [-0.2, 0) is 4.79 Å². The number of anilines is 4. The average molecular weight is 570 g/mol. The number of rotatable bonds is 8. The van der Waals surface area contributed by atoms with Crippen molar-refractivity contribution in [2.45, 2.75) is 31.4 Å². The zero-order valence-corrected chi connectivity index (χ0v) is 22.5. The first kappa shape index (κ1) is 27.3. The van der Waals surface area contributed by atoms with Gasteiger partial charge in [0.25, 0.3) is 23.8 Å². The van der Waals surface area contributed by atoms with Gasteiger partial charge in [-0.15, -0.1) is 4.52 Å². The van der Waals surface area contributed by atoms with Gasteiger partial charge in [0.05, 0.1) is 40.8 Å². The van der Waals surface area contributed by atoms with E-state index in [-0.39, 0.29) is 47.4 Å². The highest BCUT2D eigenvalue weighted by atomic mass is 35.5. The normalized spacial score (nSPS) is 17.5. The third-order valence-corrected chi connectivity index (χ3v) is 7.13. The molecule has 2 aliphatic rings. The first-order valence-electron chi connectivity index (χ1n) is 12.6. The van der Waals surface area contributed by atoms with Gasteiger partial charge in [-0.3, -0.25) is 9.69 Å². The molecule has 1 saturated heterocycles. The van der Waals surface area contributed by atoms with Crippen LogP contribution in [0.4, 0.5) is 37.7 Å². The van der Waals surface area contributed by atoms with Crippen LogP contribution < -0.4 is 15.5 Å². The highest BCUT2D eigenvalue weighted by Gasteiger charge is 2.36. The van der Waals surface area contributed by atoms with Gasteiger partial charge in [0, 0.05) is 39.8 Å². The van der Waals surface area contributed by atoms with Crippen LogP contribution in [0.2, 0.25) is 5.02 Å². The van der Waals surface area contributed by atoms with Crippen LogP contribution in [0.1, 0.15) is 18.4 Å². The zero-order valence-electron chi connectivity index (χ0n) is 21.8. The largest absolute Gasteiger partial charge is 0.367 e. The van der Waals surface area contributed by atoms with Crippen molar-refractivity contribution in [1.29, 1.82) is 5.26 Å². The van der Waals surface area contributed by atoms with Crippen LogP contribution in [0.5, 0.6) is 0 Å². The number of nitrogens with zero attached hydrogens (tertiary/aromatic N) is 9. The lowest BCUT2D eigenvalue weighted by Gasteiger charge is -2.42. The molecule has 12 nitrogen and oxygen atoms in total. The predicted molar refractivity (Wildman–Crippen MR) is 145 cm³/mol. The number of benzene rings is 1. The van der Waals surface area contributed by atoms with Gasteiger partial charge >= 0.3 is 0 Å². The Bertz CT molecular complexity index is 1530. The zero-order chi connectivity index (χ0) is 28.6. The second kappa shape index (κ2) is 11.1. The lowest BCUT2D eigenvalue weighted by molar-refractivity contribution is -0.135. The molecule has 1 aromatic carbocycles. The van der Waals surface area contributed by atoms with Crippen molar-refractivity contribution in [3.63, 3.8) is 0 Å². The molecule has 15 heteroatoms. The number of alkyl halides is 2. The second-order valence-corrected chi connectivity index (χ2v) is 10.2. The van der Waals surface area contributed by atoms with E-state index in [4.69, 9.17) is 18.2 Å². The highest BCUT2D eigenvalue weighted by Crippen LogP contribution is 2.37. The first-order chi connectivity index (χ1) is 19.2. The van der Waals surface area contributed by atoms with E-state index in [1.54, 1.807) is 26.2 Å². The lowest BCUT2D eigenvalue weighted by Crippen LogP contribution is -2.59. The maximum Gasteiger partial charge on any atom is 0.275 e. The van der Waals surface area contributed by atoms with E-state index in [0.717, 1.165) is 12.8 Å². The number of hydrogen-bond acceptors (Lipinski definition) is 9. The molecular weight excluding hydrogens is 544 g/mol. The maximum atomic E-state index is 13.2. The molecule has 2 aromatic heterocycles. The Hall–Kier alpha value is -4.27. The highest BCUT2D eigenvalue weighted by molar-refractivity contribution is 6.36. The Kier molecular flexibility index (Phi) is 7.56. The van der Waals surface area contributed by atoms with Crippen molar-refractivity contribution in [1.82, 2.24) is 29.4 Å². The van der Waals surface area contributed by atoms with Crippen molar-refractivity contribution in [3.05, 3.63) is 40.3 Å². The Morgan fingerprint density at radius 3 is 2.77 bits per heavy atom. The molecule has 5 rings (SSSR count). The number of nitrogens with one attached hydrogen (secondary N) is 2. The second-order valence-electron chi connectivity index (χ2n) is 9.84. The summed E-state index contributed by atoms with van der Waals surface area (Å²) in [6.45, 7) is 7.56. The maximum absolute atomic E-state index is 13.2. The first-order valence-corrected chi connectivity index (χ1v) is 12.9. The Morgan fingerprint density at radius 2 is 2.12 bits per heavy atom. The molecule has 3 aromatic rings. The summed E-state index contributed by atoms with van der Waals surface area (Å²) in [6.07, 6.45) is 0.827. The van der Waals surface area contributed by atoms with Crippen LogP contribution in [0.25, 0.3) is 10.5 Å². The van der Waals surface area contributed by atoms with Gasteiger partial charge in [0.2, 0.25) is 5.91 Å². The number of amides is 1. The van der Waals surface area contributed by atoms with Gasteiger partial charge in [-0.25, -0.2) is 13.8 Å². The molecule has 1 atom stereocenters. The molecule has 1 unspecified atom stereocenters. The lowest BCUT2D eigenvalue weighted by atomic mass is 10.1. The number of imidazole rings is 1. The molecule has 3 heterocycles. The molecule has 1 amide bonds. The molecule has 208 valence electrons. The average Bonchev–Trinajstić information content (AvgIpc) is 3.65. The third kappa shape index (κ3) is 5.54. The predicted octanol–water partition coefficient (Wildman–Crippen LogP) is 3.36. The van der Waals surface area contributed by atoms with E-state index in [1.807, 2.05) is 4.90 Å². The third-order valence-electron chi connectivity index (χ3n) is 6.74. The molecule has 40 heavy (non-hydrogen) atoms. The number of fused-ring (bicyclic) bond motifs is 1. The van der Waals surface area contributed by atoms with E-state index in [9.17, 15) is 18.8 Å². The summed E-state index contributed by atoms with van der Waals surface area (Å²) in [6, 6.07) is 4.72. The van der Waals surface area contributed by atoms with Crippen LogP contribution >= 0.6 is 11.6 Å². The van der Waals surface area contributed by atoms with Gasteiger partial charge in [0.1, 0.15) is 6.04 Å². The summed E-state index contributed by atoms with van der Waals surface area (Å²) in [7, 11) is 3.16. The summed E-state index contributed by atoms with van der Waals surface area (Å²) in [5.41, 5.74) is 1.51. The van der Waals surface area contributed by atoms with E-state index in [1.165, 1.54) is 20.5 Å². The molecule has 0 bridgehead atoms. The van der Waals surface area contributed by atoms with Crippen molar-refractivity contribution >= 4 is 52.1 Å². The number of carbonyl (C=O) groups is 1. The fourth-order valence-electron chi connectivity index (χ4n) is 4.60. The number of piperazine rings is 1. The summed E-state index contributed by atoms with van der Waals surface area (Å²) in [5.74, 6) is 0.492. The molecule has 1 aliphatic carbocycles. The minimum Gasteiger partial charge on any atom is -0.367 e. The molecule has 2 N–H and O–H groups in total. The Balaban J connectivity index is 1.49. The van der Waals surface area contributed by atoms with Crippen LogP contribution in [0.15, 0.2) is 18.3 Å². The summed E-state index contributed by atoms with van der Waals surface area (Å²) in [4.78, 5) is 29.9. The van der Waals surface area contributed by atoms with Crippen LogP contribution in [-0.4, -0.2) is 94.1 Å². The van der Waals surface area contributed by atoms with Crippen LogP contribution in [0, 0.1) is 17.9 Å². The smallest absolute Gasteiger partial charge is 0.275 e. The Labute approximate surface area is 234 Å². The SMILES string of the molecule is [C-]#[N+]c1cnc2c(NC3CC3)nc(Nc3cc(C#N)cc(N4CCN(CC(F)F)C(C(=O)N(C)C)C4)c3Cl)nn12. The van der Waals surface area contributed by atoms with E-state index < -0.39 is 19.0 Å². The monoisotopic (exact) mass is 569 g/mol. The van der Waals surface area contributed by atoms with E-state index >= 15 is 0 Å². The van der Waals surface area contributed by atoms with Gasteiger partial charge in [-0.1, -0.05) is 23.3 Å². The molecular formula is C25H26ClF2N11O. The summed E-state index contributed by atoms with van der Waals surface area (Å²) >= 11 is 6.84. The molecule has 1 saturated carbocycles. The van der Waals surface area contributed by atoms with Crippen molar-refractivity contribution in [2.75, 3.05) is 55.8 Å². The minimum absolute atomic E-state index is 0.110. The van der Waals surface area contributed by atoms with E-state index in [2.05, 4.69) is 36.6 Å². The molecule has 0 radical (unpaired) electrons. The van der Waals surface area contributed by atoms with Gasteiger partial charge < -0.3 is 25.3 Å². The van der Waals surface area contributed by atoms with Crippen molar-refractivity contribution in [3.8, 4) is 6.07 Å². The Morgan fingerprint density at radius 1 is 1.35 bits per heavy atom. The van der Waals surface area contributed by atoms with E-state index in [0.29, 0.717) is 29.4 Å². The quantitative estimate of drug-likeness (QED) is 0.393. The topological polar surface area (TPSA) is 122 Å².